The van der Waals surface area contributed by atoms with Crippen LogP contribution in [-0.4, -0.2) is 38.1 Å². The molecule has 0 aliphatic carbocycles. The number of para-hydroxylation sites is 1. The van der Waals surface area contributed by atoms with Gasteiger partial charge < -0.3 is 15.0 Å². The van der Waals surface area contributed by atoms with Gasteiger partial charge in [-0.05, 0) is 44.4 Å². The van der Waals surface area contributed by atoms with E-state index < -0.39 is 17.7 Å². The molecule has 2 aromatic carbocycles. The standard InChI is InChI=1S/C20H23F3N2O2/c1-14(12-25(2)3)13-27-19(26)17-9-4-5-10-18(17)24-16-8-6-7-15(11-16)20(21,22)23/h4-11,14,24H,12-13H2,1-3H3. The molecule has 146 valence electrons. The van der Waals surface area contributed by atoms with Crippen LogP contribution in [0.3, 0.4) is 0 Å². The average Bonchev–Trinajstić information content (AvgIpc) is 2.59. The van der Waals surface area contributed by atoms with Gasteiger partial charge in [-0.25, -0.2) is 4.79 Å². The second-order valence-corrected chi connectivity index (χ2v) is 6.72. The van der Waals surface area contributed by atoms with Crippen molar-refractivity contribution in [3.05, 3.63) is 59.7 Å². The molecule has 1 atom stereocenters. The van der Waals surface area contributed by atoms with E-state index in [9.17, 15) is 18.0 Å². The van der Waals surface area contributed by atoms with E-state index in [4.69, 9.17) is 4.74 Å². The monoisotopic (exact) mass is 380 g/mol. The number of carbonyl (C=O) groups excluding carboxylic acids is 1. The van der Waals surface area contributed by atoms with Gasteiger partial charge in [-0.1, -0.05) is 25.1 Å². The van der Waals surface area contributed by atoms with Gasteiger partial charge in [0.15, 0.2) is 0 Å². The Morgan fingerprint density at radius 1 is 1.15 bits per heavy atom. The molecular weight excluding hydrogens is 357 g/mol. The van der Waals surface area contributed by atoms with Crippen molar-refractivity contribution in [3.8, 4) is 0 Å². The fourth-order valence-corrected chi connectivity index (χ4v) is 2.67. The van der Waals surface area contributed by atoms with Crippen molar-refractivity contribution in [1.29, 1.82) is 0 Å². The number of nitrogens with zero attached hydrogens (tertiary/aromatic N) is 1. The van der Waals surface area contributed by atoms with Crippen molar-refractivity contribution in [2.45, 2.75) is 13.1 Å². The smallest absolute Gasteiger partial charge is 0.416 e. The van der Waals surface area contributed by atoms with Gasteiger partial charge in [-0.2, -0.15) is 13.2 Å². The molecule has 0 spiro atoms. The zero-order valence-corrected chi connectivity index (χ0v) is 15.5. The Balaban J connectivity index is 2.13. The van der Waals surface area contributed by atoms with Crippen LogP contribution in [0.5, 0.6) is 0 Å². The lowest BCUT2D eigenvalue weighted by Crippen LogP contribution is -2.24. The molecule has 0 aliphatic heterocycles. The fourth-order valence-electron chi connectivity index (χ4n) is 2.67. The van der Waals surface area contributed by atoms with Crippen molar-refractivity contribution in [2.24, 2.45) is 5.92 Å². The van der Waals surface area contributed by atoms with Gasteiger partial charge >= 0.3 is 12.1 Å². The van der Waals surface area contributed by atoms with E-state index in [-0.39, 0.29) is 23.8 Å². The molecule has 4 nitrogen and oxygen atoms in total. The summed E-state index contributed by atoms with van der Waals surface area (Å²) in [5, 5.41) is 2.88. The van der Waals surface area contributed by atoms with Crippen LogP contribution in [0.2, 0.25) is 0 Å². The lowest BCUT2D eigenvalue weighted by molar-refractivity contribution is -0.137. The molecule has 0 amide bonds. The van der Waals surface area contributed by atoms with Crippen LogP contribution in [0.4, 0.5) is 24.5 Å². The minimum Gasteiger partial charge on any atom is -0.462 e. The SMILES string of the molecule is CC(COC(=O)c1ccccc1Nc1cccc(C(F)(F)F)c1)CN(C)C. The predicted molar refractivity (Wildman–Crippen MR) is 99.2 cm³/mol. The third kappa shape index (κ3) is 6.29. The number of ether oxygens (including phenoxy) is 1. The quantitative estimate of drug-likeness (QED) is 0.701. The Morgan fingerprint density at radius 2 is 1.85 bits per heavy atom. The maximum absolute atomic E-state index is 12.9. The highest BCUT2D eigenvalue weighted by molar-refractivity contribution is 5.96. The van der Waals surface area contributed by atoms with E-state index in [0.717, 1.165) is 18.7 Å². The molecule has 0 bridgehead atoms. The van der Waals surface area contributed by atoms with Gasteiger partial charge in [-0.15, -0.1) is 0 Å². The van der Waals surface area contributed by atoms with Crippen LogP contribution >= 0.6 is 0 Å². The summed E-state index contributed by atoms with van der Waals surface area (Å²) in [7, 11) is 3.87. The zero-order chi connectivity index (χ0) is 20.0. The van der Waals surface area contributed by atoms with Gasteiger partial charge in [0.1, 0.15) is 0 Å². The van der Waals surface area contributed by atoms with Crippen molar-refractivity contribution in [1.82, 2.24) is 4.90 Å². The fraction of sp³-hybridized carbons (Fsp3) is 0.350. The number of rotatable bonds is 7. The van der Waals surface area contributed by atoms with E-state index in [2.05, 4.69) is 5.32 Å². The Morgan fingerprint density at radius 3 is 2.52 bits per heavy atom. The van der Waals surface area contributed by atoms with Crippen LogP contribution in [-0.2, 0) is 10.9 Å². The number of nitrogens with one attached hydrogen (secondary N) is 1. The summed E-state index contributed by atoms with van der Waals surface area (Å²) in [6.45, 7) is 3.01. The first-order valence-corrected chi connectivity index (χ1v) is 8.52. The summed E-state index contributed by atoms with van der Waals surface area (Å²) in [6.07, 6.45) is -4.43. The third-order valence-corrected chi connectivity index (χ3v) is 3.79. The number of alkyl halides is 3. The van der Waals surface area contributed by atoms with Crippen LogP contribution in [0.15, 0.2) is 48.5 Å². The number of hydrogen-bond donors (Lipinski definition) is 1. The Kier molecular flexibility index (Phi) is 6.85. The van der Waals surface area contributed by atoms with Gasteiger partial charge in [0.25, 0.3) is 0 Å². The Hall–Kier alpha value is -2.54. The molecule has 2 aromatic rings. The van der Waals surface area contributed by atoms with Gasteiger partial charge in [0.2, 0.25) is 0 Å². The second-order valence-electron chi connectivity index (χ2n) is 6.72. The molecule has 7 heteroatoms. The maximum atomic E-state index is 12.9. The number of esters is 1. The second kappa shape index (κ2) is 8.90. The zero-order valence-electron chi connectivity index (χ0n) is 15.5. The van der Waals surface area contributed by atoms with E-state index >= 15 is 0 Å². The first-order valence-electron chi connectivity index (χ1n) is 8.52. The van der Waals surface area contributed by atoms with Crippen molar-refractivity contribution >= 4 is 17.3 Å². The van der Waals surface area contributed by atoms with Crippen molar-refractivity contribution in [3.63, 3.8) is 0 Å². The highest BCUT2D eigenvalue weighted by Gasteiger charge is 2.30. The largest absolute Gasteiger partial charge is 0.462 e. The molecule has 0 saturated heterocycles. The van der Waals surface area contributed by atoms with E-state index in [1.54, 1.807) is 24.3 Å². The predicted octanol–water partition coefficient (Wildman–Crippen LogP) is 4.80. The minimum atomic E-state index is -4.43. The topological polar surface area (TPSA) is 41.6 Å². The average molecular weight is 380 g/mol. The Bertz CT molecular complexity index is 776. The molecule has 0 heterocycles. The molecule has 0 radical (unpaired) electrons. The minimum absolute atomic E-state index is 0.160. The molecule has 0 saturated carbocycles. The summed E-state index contributed by atoms with van der Waals surface area (Å²) in [5.41, 5.74) is 0.144. The van der Waals surface area contributed by atoms with E-state index in [1.807, 2.05) is 25.9 Å². The van der Waals surface area contributed by atoms with Gasteiger partial charge in [0, 0.05) is 18.2 Å². The number of anilines is 2. The Labute approximate surface area is 156 Å². The summed E-state index contributed by atoms with van der Waals surface area (Å²) in [4.78, 5) is 14.4. The number of benzene rings is 2. The molecule has 1 unspecified atom stereocenters. The van der Waals surface area contributed by atoms with E-state index in [0.29, 0.717) is 5.69 Å². The highest BCUT2D eigenvalue weighted by atomic mass is 19.4. The van der Waals surface area contributed by atoms with Crippen LogP contribution in [0, 0.1) is 5.92 Å². The van der Waals surface area contributed by atoms with Gasteiger partial charge in [0.05, 0.1) is 23.4 Å². The normalized spacial score (nSPS) is 12.7. The highest BCUT2D eigenvalue weighted by Crippen LogP contribution is 2.32. The van der Waals surface area contributed by atoms with Gasteiger partial charge in [-0.3, -0.25) is 0 Å². The molecule has 2 rings (SSSR count). The molecule has 27 heavy (non-hydrogen) atoms. The lowest BCUT2D eigenvalue weighted by Gasteiger charge is -2.17. The molecule has 0 aliphatic rings. The van der Waals surface area contributed by atoms with Crippen LogP contribution in [0.25, 0.3) is 0 Å². The number of halogens is 3. The summed E-state index contributed by atoms with van der Waals surface area (Å²) in [5.74, 6) is -0.358. The van der Waals surface area contributed by atoms with Crippen molar-refractivity contribution < 1.29 is 22.7 Å². The number of hydrogen-bond acceptors (Lipinski definition) is 4. The van der Waals surface area contributed by atoms with Crippen molar-refractivity contribution in [2.75, 3.05) is 32.6 Å². The molecule has 0 aromatic heterocycles. The summed E-state index contributed by atoms with van der Waals surface area (Å²) < 4.78 is 44.0. The van der Waals surface area contributed by atoms with E-state index in [1.165, 1.54) is 12.1 Å². The maximum Gasteiger partial charge on any atom is 0.416 e. The molecule has 0 fully saturated rings. The molecular formula is C20H23F3N2O2. The van der Waals surface area contributed by atoms with Crippen LogP contribution < -0.4 is 5.32 Å². The first-order chi connectivity index (χ1) is 12.7. The van der Waals surface area contributed by atoms with Crippen LogP contribution in [0.1, 0.15) is 22.8 Å². The number of carbonyl (C=O) groups is 1. The summed E-state index contributed by atoms with van der Waals surface area (Å²) in [6, 6.07) is 11.4. The lowest BCUT2D eigenvalue weighted by atomic mass is 10.1. The first kappa shape index (κ1) is 20.8. The molecule has 1 N–H and O–H groups in total. The summed E-state index contributed by atoms with van der Waals surface area (Å²) >= 11 is 0. The third-order valence-electron chi connectivity index (χ3n) is 3.79.